The third-order valence-electron chi connectivity index (χ3n) is 5.19. The quantitative estimate of drug-likeness (QED) is 0.729. The number of methoxy groups -OCH3 is 1. The smallest absolute Gasteiger partial charge is 0.418 e. The molecule has 2 N–H and O–H groups in total. The lowest BCUT2D eigenvalue weighted by Crippen LogP contribution is -2.57. The molecule has 0 saturated carbocycles. The van der Waals surface area contributed by atoms with Gasteiger partial charge in [-0.3, -0.25) is 4.90 Å². The maximum Gasteiger partial charge on any atom is 0.418 e. The highest BCUT2D eigenvalue weighted by molar-refractivity contribution is 5.39. The van der Waals surface area contributed by atoms with Crippen LogP contribution in [0.5, 0.6) is 5.75 Å². The second-order valence-corrected chi connectivity index (χ2v) is 7.94. The Balaban J connectivity index is 2.30. The lowest BCUT2D eigenvalue weighted by Gasteiger charge is -2.42. The van der Waals surface area contributed by atoms with Gasteiger partial charge < -0.3 is 14.9 Å². The summed E-state index contributed by atoms with van der Waals surface area (Å²) in [6.07, 6.45) is -5.29. The molecule has 1 aliphatic rings. The van der Waals surface area contributed by atoms with E-state index in [0.29, 0.717) is 12.8 Å². The number of rotatable bonds is 6. The molecule has 0 amide bonds. The number of likely N-dealkylation sites (tertiary alicyclic amines) is 1. The number of hydrogen-bond acceptors (Lipinski definition) is 4. The van der Waals surface area contributed by atoms with Gasteiger partial charge in [-0.1, -0.05) is 13.8 Å². The number of ether oxygens (including phenoxy) is 1. The number of nitrogens with zero attached hydrogens (tertiary/aromatic N) is 1. The van der Waals surface area contributed by atoms with Crippen LogP contribution in [0.15, 0.2) is 18.2 Å². The highest BCUT2D eigenvalue weighted by atomic mass is 19.4. The van der Waals surface area contributed by atoms with Gasteiger partial charge in [0.1, 0.15) is 11.6 Å². The molecular weight excluding hydrogens is 366 g/mol. The Morgan fingerprint density at radius 2 is 1.78 bits per heavy atom. The Bertz CT molecular complexity index is 642. The molecule has 0 aromatic heterocycles. The third-order valence-corrected chi connectivity index (χ3v) is 5.19. The van der Waals surface area contributed by atoms with Crippen molar-refractivity contribution in [3.05, 3.63) is 29.6 Å². The fourth-order valence-electron chi connectivity index (χ4n) is 3.73. The first-order chi connectivity index (χ1) is 12.4. The molecule has 0 aliphatic carbocycles. The van der Waals surface area contributed by atoms with Crippen molar-refractivity contribution in [1.29, 1.82) is 0 Å². The predicted octanol–water partition coefficient (Wildman–Crippen LogP) is 3.25. The Morgan fingerprint density at radius 3 is 2.30 bits per heavy atom. The molecule has 0 spiro atoms. The van der Waals surface area contributed by atoms with E-state index >= 15 is 0 Å². The van der Waals surface area contributed by atoms with Crippen LogP contribution >= 0.6 is 0 Å². The van der Waals surface area contributed by atoms with Gasteiger partial charge in [0.2, 0.25) is 0 Å². The molecule has 4 nitrogen and oxygen atoms in total. The van der Waals surface area contributed by atoms with Gasteiger partial charge in [0.05, 0.1) is 13.2 Å². The normalized spacial score (nSPS) is 19.7. The van der Waals surface area contributed by atoms with Gasteiger partial charge in [0.15, 0.2) is 5.60 Å². The average Bonchev–Trinajstić information content (AvgIpc) is 2.55. The van der Waals surface area contributed by atoms with Crippen LogP contribution in [0.4, 0.5) is 17.6 Å². The van der Waals surface area contributed by atoms with Crippen molar-refractivity contribution in [2.75, 3.05) is 26.7 Å². The molecule has 1 aromatic carbocycles. The highest BCUT2D eigenvalue weighted by Gasteiger charge is 2.56. The maximum atomic E-state index is 13.8. The lowest BCUT2D eigenvalue weighted by atomic mass is 9.74. The van der Waals surface area contributed by atoms with E-state index in [-0.39, 0.29) is 24.4 Å². The summed E-state index contributed by atoms with van der Waals surface area (Å²) in [4.78, 5) is 1.51. The van der Waals surface area contributed by atoms with Gasteiger partial charge in [0, 0.05) is 25.2 Å². The predicted molar refractivity (Wildman–Crippen MR) is 93.3 cm³/mol. The number of alkyl halides is 3. The Labute approximate surface area is 156 Å². The van der Waals surface area contributed by atoms with Gasteiger partial charge in [-0.2, -0.15) is 13.2 Å². The zero-order chi connectivity index (χ0) is 20.5. The molecule has 154 valence electrons. The Hall–Kier alpha value is -1.38. The monoisotopic (exact) mass is 393 g/mol. The minimum Gasteiger partial charge on any atom is -0.496 e. The van der Waals surface area contributed by atoms with E-state index in [2.05, 4.69) is 0 Å². The van der Waals surface area contributed by atoms with Crippen LogP contribution in [0.2, 0.25) is 0 Å². The van der Waals surface area contributed by atoms with Crippen LogP contribution in [0, 0.1) is 5.82 Å². The fourth-order valence-corrected chi connectivity index (χ4v) is 3.73. The molecule has 27 heavy (non-hydrogen) atoms. The van der Waals surface area contributed by atoms with E-state index in [9.17, 15) is 27.8 Å². The van der Waals surface area contributed by atoms with Crippen molar-refractivity contribution in [3.8, 4) is 5.75 Å². The molecule has 2 rings (SSSR count). The molecule has 0 radical (unpaired) electrons. The Morgan fingerprint density at radius 1 is 1.19 bits per heavy atom. The number of benzene rings is 1. The number of aliphatic hydroxyl groups excluding tert-OH is 1. The van der Waals surface area contributed by atoms with Crippen LogP contribution in [0.3, 0.4) is 0 Å². The van der Waals surface area contributed by atoms with Crippen LogP contribution in [-0.2, 0) is 5.41 Å². The number of halogens is 4. The van der Waals surface area contributed by atoms with E-state index in [1.54, 1.807) is 0 Å². The first kappa shape index (κ1) is 21.9. The first-order valence-electron chi connectivity index (χ1n) is 8.91. The summed E-state index contributed by atoms with van der Waals surface area (Å²) in [5.41, 5.74) is -3.91. The van der Waals surface area contributed by atoms with E-state index in [1.165, 1.54) is 38.0 Å². The minimum absolute atomic E-state index is 0.266. The zero-order valence-electron chi connectivity index (χ0n) is 15.8. The van der Waals surface area contributed by atoms with Crippen LogP contribution < -0.4 is 4.74 Å². The molecule has 1 heterocycles. The summed E-state index contributed by atoms with van der Waals surface area (Å²) in [5.74, 6) is -0.313. The fraction of sp³-hybridized carbons (Fsp3) is 0.684. The number of aliphatic hydroxyl groups is 2. The third kappa shape index (κ3) is 5.12. The van der Waals surface area contributed by atoms with Gasteiger partial charge in [-0.05, 0) is 42.9 Å². The summed E-state index contributed by atoms with van der Waals surface area (Å²) in [6.45, 7) is 3.03. The van der Waals surface area contributed by atoms with Crippen LogP contribution in [0.25, 0.3) is 0 Å². The summed E-state index contributed by atoms with van der Waals surface area (Å²) in [7, 11) is 1.36. The molecule has 0 bridgehead atoms. The van der Waals surface area contributed by atoms with Gasteiger partial charge in [0.25, 0.3) is 0 Å². The van der Waals surface area contributed by atoms with E-state index in [1.807, 2.05) is 0 Å². The molecule has 1 aliphatic heterocycles. The molecule has 1 saturated heterocycles. The molecule has 1 unspecified atom stereocenters. The van der Waals surface area contributed by atoms with Crippen LogP contribution in [0.1, 0.15) is 38.7 Å². The molecule has 1 atom stereocenters. The molecular formula is C19H27F4NO3. The second kappa shape index (κ2) is 7.93. The zero-order valence-corrected chi connectivity index (χ0v) is 15.8. The summed E-state index contributed by atoms with van der Waals surface area (Å²) in [6, 6.07) is 3.69. The van der Waals surface area contributed by atoms with Gasteiger partial charge in [-0.25, -0.2) is 4.39 Å². The van der Waals surface area contributed by atoms with Crippen molar-refractivity contribution < 1.29 is 32.5 Å². The maximum absolute atomic E-state index is 13.8. The first-order valence-corrected chi connectivity index (χ1v) is 8.91. The lowest BCUT2D eigenvalue weighted by molar-refractivity contribution is -0.272. The van der Waals surface area contributed by atoms with Gasteiger partial charge >= 0.3 is 6.18 Å². The second-order valence-electron chi connectivity index (χ2n) is 7.94. The minimum atomic E-state index is -4.86. The van der Waals surface area contributed by atoms with Crippen molar-refractivity contribution in [2.24, 2.45) is 0 Å². The Kier molecular flexibility index (Phi) is 6.44. The van der Waals surface area contributed by atoms with Crippen molar-refractivity contribution >= 4 is 0 Å². The largest absolute Gasteiger partial charge is 0.496 e. The average molecular weight is 393 g/mol. The summed E-state index contributed by atoms with van der Waals surface area (Å²) >= 11 is 0. The van der Waals surface area contributed by atoms with Crippen LogP contribution in [-0.4, -0.2) is 59.7 Å². The molecule has 8 heteroatoms. The number of β-amino-alcohol motifs (C(OH)–C–C–N with tert-alkyl or cyclic N) is 1. The van der Waals surface area contributed by atoms with Crippen molar-refractivity contribution in [2.45, 2.75) is 56.4 Å². The topological polar surface area (TPSA) is 52.9 Å². The van der Waals surface area contributed by atoms with Crippen molar-refractivity contribution in [1.82, 2.24) is 4.90 Å². The number of piperidine rings is 1. The summed E-state index contributed by atoms with van der Waals surface area (Å²) in [5, 5.41) is 20.2. The van der Waals surface area contributed by atoms with Crippen molar-refractivity contribution in [3.63, 3.8) is 0 Å². The van der Waals surface area contributed by atoms with E-state index < -0.39 is 42.1 Å². The van der Waals surface area contributed by atoms with E-state index in [4.69, 9.17) is 4.74 Å². The van der Waals surface area contributed by atoms with Gasteiger partial charge in [-0.15, -0.1) is 0 Å². The standard InChI is InChI=1S/C19H27F4NO3/c1-17(2,15-10-13(20)4-5-16(15)27-3)11-18(26,19(21,22)23)12-24-8-6-14(25)7-9-24/h4-5,10,14,25-26H,6-9,11-12H2,1-3H3. The van der Waals surface area contributed by atoms with E-state index in [0.717, 1.165) is 6.07 Å². The number of hydrogen-bond donors (Lipinski definition) is 2. The highest BCUT2D eigenvalue weighted by Crippen LogP contribution is 2.44. The summed E-state index contributed by atoms with van der Waals surface area (Å²) < 4.78 is 60.3. The SMILES string of the molecule is COc1ccc(F)cc1C(C)(C)CC(O)(CN1CCC(O)CC1)C(F)(F)F. The molecule has 1 aromatic rings. The molecule has 1 fully saturated rings.